The summed E-state index contributed by atoms with van der Waals surface area (Å²) in [7, 11) is 1.56. The molecule has 4 heteroatoms. The molecule has 0 atom stereocenters. The highest BCUT2D eigenvalue weighted by atomic mass is 35.5. The first-order valence-electron chi connectivity index (χ1n) is 6.28. The van der Waals surface area contributed by atoms with E-state index >= 15 is 0 Å². The fourth-order valence-corrected chi connectivity index (χ4v) is 2.49. The predicted molar refractivity (Wildman–Crippen MR) is 72.5 cm³/mol. The molecule has 0 aromatic heterocycles. The average Bonchev–Trinajstić information content (AvgIpc) is 2.40. The molecule has 0 unspecified atom stereocenters. The number of halogens is 1. The maximum Gasteiger partial charge on any atom is 0.163 e. The Morgan fingerprint density at radius 3 is 2.83 bits per heavy atom. The van der Waals surface area contributed by atoms with Crippen LogP contribution in [0.15, 0.2) is 18.2 Å². The van der Waals surface area contributed by atoms with Crippen molar-refractivity contribution in [2.45, 2.75) is 19.3 Å². The number of ketones is 1. The van der Waals surface area contributed by atoms with E-state index in [2.05, 4.69) is 5.32 Å². The summed E-state index contributed by atoms with van der Waals surface area (Å²) in [5.74, 6) is 1.24. The zero-order valence-electron chi connectivity index (χ0n) is 10.5. The van der Waals surface area contributed by atoms with Crippen LogP contribution in [0.3, 0.4) is 0 Å². The molecule has 1 N–H and O–H groups in total. The molecule has 0 aliphatic carbocycles. The standard InChI is InChI=1S/C14H18ClNO2/c1-18-14-9-11(2-3-12(14)15)13(17)8-10-4-6-16-7-5-10/h2-3,9-10,16H,4-8H2,1H3. The lowest BCUT2D eigenvalue weighted by atomic mass is 9.90. The minimum atomic E-state index is 0.178. The highest BCUT2D eigenvalue weighted by molar-refractivity contribution is 6.32. The summed E-state index contributed by atoms with van der Waals surface area (Å²) >= 11 is 5.95. The molecule has 0 amide bonds. The maximum atomic E-state index is 12.2. The summed E-state index contributed by atoms with van der Waals surface area (Å²) in [4.78, 5) is 12.2. The third-order valence-electron chi connectivity index (χ3n) is 3.41. The zero-order valence-corrected chi connectivity index (χ0v) is 11.3. The third kappa shape index (κ3) is 3.24. The van der Waals surface area contributed by atoms with Gasteiger partial charge in [-0.3, -0.25) is 4.79 Å². The molecular weight excluding hydrogens is 250 g/mol. The number of methoxy groups -OCH3 is 1. The maximum absolute atomic E-state index is 12.2. The average molecular weight is 268 g/mol. The number of piperidine rings is 1. The molecule has 1 aromatic carbocycles. The van der Waals surface area contributed by atoms with Crippen molar-refractivity contribution in [1.29, 1.82) is 0 Å². The highest BCUT2D eigenvalue weighted by Gasteiger charge is 2.18. The largest absolute Gasteiger partial charge is 0.495 e. The first-order valence-corrected chi connectivity index (χ1v) is 6.66. The van der Waals surface area contributed by atoms with Crippen molar-refractivity contribution in [3.05, 3.63) is 28.8 Å². The van der Waals surface area contributed by atoms with Crippen molar-refractivity contribution in [3.8, 4) is 5.75 Å². The number of hydrogen-bond donors (Lipinski definition) is 1. The van der Waals surface area contributed by atoms with E-state index in [0.717, 1.165) is 25.9 Å². The number of nitrogens with one attached hydrogen (secondary N) is 1. The summed E-state index contributed by atoms with van der Waals surface area (Å²) in [6.07, 6.45) is 2.78. The molecule has 1 aliphatic heterocycles. The van der Waals surface area contributed by atoms with Crippen LogP contribution in [0.5, 0.6) is 5.75 Å². The Morgan fingerprint density at radius 1 is 1.44 bits per heavy atom. The molecule has 1 aliphatic rings. The predicted octanol–water partition coefficient (Wildman–Crippen LogP) is 2.92. The molecule has 3 nitrogen and oxygen atoms in total. The summed E-state index contributed by atoms with van der Waals surface area (Å²) < 4.78 is 5.13. The van der Waals surface area contributed by atoms with Crippen molar-refractivity contribution in [3.63, 3.8) is 0 Å². The molecule has 2 rings (SSSR count). The van der Waals surface area contributed by atoms with E-state index in [1.807, 2.05) is 0 Å². The van der Waals surface area contributed by atoms with Gasteiger partial charge in [0.25, 0.3) is 0 Å². The van der Waals surface area contributed by atoms with Gasteiger partial charge >= 0.3 is 0 Å². The molecule has 18 heavy (non-hydrogen) atoms. The van der Waals surface area contributed by atoms with E-state index in [1.54, 1.807) is 25.3 Å². The van der Waals surface area contributed by atoms with Crippen LogP contribution in [-0.4, -0.2) is 26.0 Å². The first kappa shape index (κ1) is 13.4. The van der Waals surface area contributed by atoms with Crippen LogP contribution in [-0.2, 0) is 0 Å². The first-order chi connectivity index (χ1) is 8.70. The van der Waals surface area contributed by atoms with E-state index < -0.39 is 0 Å². The monoisotopic (exact) mass is 267 g/mol. The van der Waals surface area contributed by atoms with Gasteiger partial charge in [0.15, 0.2) is 5.78 Å². The van der Waals surface area contributed by atoms with Gasteiger partial charge in [-0.25, -0.2) is 0 Å². The molecule has 98 valence electrons. The fourth-order valence-electron chi connectivity index (χ4n) is 2.30. The van der Waals surface area contributed by atoms with Crippen LogP contribution in [0, 0.1) is 5.92 Å². The lowest BCUT2D eigenvalue weighted by Gasteiger charge is -2.21. The summed E-state index contributed by atoms with van der Waals surface area (Å²) in [6.45, 7) is 2.03. The van der Waals surface area contributed by atoms with Crippen molar-refractivity contribution in [2.24, 2.45) is 5.92 Å². The molecule has 0 radical (unpaired) electrons. The van der Waals surface area contributed by atoms with Crippen LogP contribution in [0.1, 0.15) is 29.6 Å². The van der Waals surface area contributed by atoms with Crippen LogP contribution < -0.4 is 10.1 Å². The molecular formula is C14H18ClNO2. The Kier molecular flexibility index (Phi) is 4.61. The lowest BCUT2D eigenvalue weighted by molar-refractivity contribution is 0.0952. The van der Waals surface area contributed by atoms with Crippen molar-refractivity contribution >= 4 is 17.4 Å². The highest BCUT2D eigenvalue weighted by Crippen LogP contribution is 2.27. The van der Waals surface area contributed by atoms with Gasteiger partial charge < -0.3 is 10.1 Å². The van der Waals surface area contributed by atoms with Gasteiger partial charge in [0, 0.05) is 12.0 Å². The second-order valence-electron chi connectivity index (χ2n) is 4.67. The minimum Gasteiger partial charge on any atom is -0.495 e. The molecule has 1 fully saturated rings. The number of carbonyl (C=O) groups is 1. The summed E-state index contributed by atoms with van der Waals surface area (Å²) in [5, 5.41) is 3.84. The minimum absolute atomic E-state index is 0.178. The number of hydrogen-bond acceptors (Lipinski definition) is 3. The van der Waals surface area contributed by atoms with Crippen LogP contribution in [0.2, 0.25) is 5.02 Å². The molecule has 1 aromatic rings. The molecule has 0 spiro atoms. The van der Waals surface area contributed by atoms with Gasteiger partial charge in [-0.15, -0.1) is 0 Å². The SMILES string of the molecule is COc1cc(C(=O)CC2CCNCC2)ccc1Cl. The van der Waals surface area contributed by atoms with Gasteiger partial charge in [-0.05, 0) is 50.0 Å². The Balaban J connectivity index is 2.03. The van der Waals surface area contributed by atoms with Gasteiger partial charge in [-0.1, -0.05) is 11.6 Å². The van der Waals surface area contributed by atoms with Gasteiger partial charge in [0.05, 0.1) is 12.1 Å². The zero-order chi connectivity index (χ0) is 13.0. The second-order valence-corrected chi connectivity index (χ2v) is 5.08. The van der Waals surface area contributed by atoms with Crippen LogP contribution in [0.4, 0.5) is 0 Å². The number of benzene rings is 1. The van der Waals surface area contributed by atoms with E-state index in [1.165, 1.54) is 0 Å². The Hall–Kier alpha value is -1.06. The van der Waals surface area contributed by atoms with Crippen molar-refractivity contribution in [2.75, 3.05) is 20.2 Å². The molecule has 1 saturated heterocycles. The van der Waals surface area contributed by atoms with Crippen LogP contribution in [0.25, 0.3) is 0 Å². The van der Waals surface area contributed by atoms with Crippen LogP contribution >= 0.6 is 11.6 Å². The number of carbonyl (C=O) groups excluding carboxylic acids is 1. The van der Waals surface area contributed by atoms with E-state index in [-0.39, 0.29) is 5.78 Å². The number of rotatable bonds is 4. The summed E-state index contributed by atoms with van der Waals surface area (Å²) in [6, 6.07) is 5.22. The van der Waals surface area contributed by atoms with Gasteiger partial charge in [-0.2, -0.15) is 0 Å². The Labute approximate surface area is 112 Å². The number of ether oxygens (including phenoxy) is 1. The van der Waals surface area contributed by atoms with Gasteiger partial charge in [0.1, 0.15) is 5.75 Å². The Morgan fingerprint density at radius 2 is 2.17 bits per heavy atom. The number of Topliss-reactive ketones (excluding diaryl/α,β-unsaturated/α-hetero) is 1. The van der Waals surface area contributed by atoms with Crippen molar-refractivity contribution in [1.82, 2.24) is 5.32 Å². The van der Waals surface area contributed by atoms with E-state index in [4.69, 9.17) is 16.3 Å². The molecule has 1 heterocycles. The van der Waals surface area contributed by atoms with E-state index in [0.29, 0.717) is 28.7 Å². The molecule has 0 saturated carbocycles. The van der Waals surface area contributed by atoms with Crippen molar-refractivity contribution < 1.29 is 9.53 Å². The quantitative estimate of drug-likeness (QED) is 0.853. The van der Waals surface area contributed by atoms with Gasteiger partial charge in [0.2, 0.25) is 0 Å². The smallest absolute Gasteiger partial charge is 0.163 e. The lowest BCUT2D eigenvalue weighted by Crippen LogP contribution is -2.28. The topological polar surface area (TPSA) is 38.3 Å². The Bertz CT molecular complexity index is 428. The third-order valence-corrected chi connectivity index (χ3v) is 3.72. The normalized spacial score (nSPS) is 16.6. The molecule has 0 bridgehead atoms. The second kappa shape index (κ2) is 6.21. The fraction of sp³-hybridized carbons (Fsp3) is 0.500. The summed E-state index contributed by atoms with van der Waals surface area (Å²) in [5.41, 5.74) is 0.690. The van der Waals surface area contributed by atoms with E-state index in [9.17, 15) is 4.79 Å².